The van der Waals surface area contributed by atoms with Crippen molar-refractivity contribution in [2.45, 2.75) is 88.8 Å². The van der Waals surface area contributed by atoms with Gasteiger partial charge in [0.2, 0.25) is 10.0 Å². The Morgan fingerprint density at radius 1 is 1.09 bits per heavy atom. The van der Waals surface area contributed by atoms with E-state index in [9.17, 15) is 23.1 Å². The summed E-state index contributed by atoms with van der Waals surface area (Å²) in [6.45, 7) is 6.10. The number of nitrogens with zero attached hydrogens (tertiary/aromatic N) is 1. The minimum absolute atomic E-state index is 0.0732. The number of nitrogens with one attached hydrogen (secondary N) is 3. The predicted octanol–water partition coefficient (Wildman–Crippen LogP) is 1.66. The molecule has 10 nitrogen and oxygen atoms in total. The topological polar surface area (TPSA) is 137 Å². The smallest absolute Gasteiger partial charge is 0.324 e. The number of aliphatic carboxylic acids is 1. The van der Waals surface area contributed by atoms with E-state index in [-0.39, 0.29) is 36.8 Å². The average Bonchev–Trinajstić information content (AvgIpc) is 2.83. The zero-order valence-corrected chi connectivity index (χ0v) is 21.2. The van der Waals surface area contributed by atoms with Gasteiger partial charge in [0.1, 0.15) is 5.54 Å². The number of carboxylic acid groups (broad SMARTS) is 1. The lowest BCUT2D eigenvalue weighted by Crippen LogP contribution is -2.59. The lowest BCUT2D eigenvalue weighted by molar-refractivity contribution is -0.145. The number of amides is 2. The minimum Gasteiger partial charge on any atom is -0.480 e. The molecule has 0 unspecified atom stereocenters. The highest BCUT2D eigenvalue weighted by molar-refractivity contribution is 7.89. The summed E-state index contributed by atoms with van der Waals surface area (Å²) in [5.74, 6) is -0.595. The molecule has 4 N–H and O–H groups in total. The number of unbranched alkanes of at least 4 members (excludes halogenated alkanes) is 1. The third kappa shape index (κ3) is 7.79. The van der Waals surface area contributed by atoms with Crippen LogP contribution in [0, 0.1) is 5.92 Å². The molecule has 0 aromatic carbocycles. The van der Waals surface area contributed by atoms with Crippen LogP contribution in [0.3, 0.4) is 0 Å². The third-order valence-corrected chi connectivity index (χ3v) is 8.98. The number of likely N-dealkylation sites (tertiary alicyclic amines) is 1. The Hall–Kier alpha value is -1.43. The number of ether oxygens (including phenoxy) is 1. The average molecular weight is 503 g/mol. The molecule has 34 heavy (non-hydrogen) atoms. The first kappa shape index (κ1) is 27.2. The molecule has 2 aliphatic heterocycles. The molecule has 3 fully saturated rings. The van der Waals surface area contributed by atoms with Crippen LogP contribution in [-0.2, 0) is 19.6 Å². The second-order valence-corrected chi connectivity index (χ2v) is 11.9. The van der Waals surface area contributed by atoms with E-state index in [4.69, 9.17) is 4.74 Å². The SMILES string of the molecule is CCCCS(=O)(=O)N[C@]1(C(=O)O)CC[C@H](NC(=O)N2CCC(OCC3CCNCC3)CC2)CC1. The van der Waals surface area contributed by atoms with E-state index in [1.807, 2.05) is 6.92 Å². The molecule has 2 amide bonds. The van der Waals surface area contributed by atoms with Crippen LogP contribution in [0.25, 0.3) is 0 Å². The van der Waals surface area contributed by atoms with E-state index in [1.165, 1.54) is 0 Å². The van der Waals surface area contributed by atoms with Gasteiger partial charge in [-0.05, 0) is 76.8 Å². The van der Waals surface area contributed by atoms with Crippen molar-refractivity contribution in [3.8, 4) is 0 Å². The molecule has 196 valence electrons. The van der Waals surface area contributed by atoms with Gasteiger partial charge in [-0.1, -0.05) is 13.3 Å². The van der Waals surface area contributed by atoms with Crippen LogP contribution in [0.5, 0.6) is 0 Å². The minimum atomic E-state index is -3.66. The predicted molar refractivity (Wildman–Crippen MR) is 129 cm³/mol. The number of sulfonamides is 1. The van der Waals surface area contributed by atoms with Crippen molar-refractivity contribution in [2.24, 2.45) is 5.92 Å². The molecular weight excluding hydrogens is 460 g/mol. The van der Waals surface area contributed by atoms with Crippen LogP contribution in [0.15, 0.2) is 0 Å². The van der Waals surface area contributed by atoms with E-state index >= 15 is 0 Å². The van der Waals surface area contributed by atoms with Gasteiger partial charge in [0, 0.05) is 25.7 Å². The molecule has 0 radical (unpaired) electrons. The summed E-state index contributed by atoms with van der Waals surface area (Å²) >= 11 is 0. The van der Waals surface area contributed by atoms with Crippen LogP contribution < -0.4 is 15.4 Å². The monoisotopic (exact) mass is 502 g/mol. The Morgan fingerprint density at radius 3 is 2.32 bits per heavy atom. The summed E-state index contributed by atoms with van der Waals surface area (Å²) in [4.78, 5) is 26.5. The van der Waals surface area contributed by atoms with Gasteiger partial charge < -0.3 is 25.4 Å². The molecule has 2 heterocycles. The zero-order chi connectivity index (χ0) is 24.6. The Kier molecular flexibility index (Phi) is 9.99. The largest absolute Gasteiger partial charge is 0.480 e. The first-order chi connectivity index (χ1) is 16.2. The number of urea groups is 1. The summed E-state index contributed by atoms with van der Waals surface area (Å²) in [5.41, 5.74) is -1.49. The second kappa shape index (κ2) is 12.5. The van der Waals surface area contributed by atoms with Gasteiger partial charge in [0.15, 0.2) is 0 Å². The van der Waals surface area contributed by atoms with Gasteiger partial charge in [-0.2, -0.15) is 4.72 Å². The van der Waals surface area contributed by atoms with Gasteiger partial charge in [0.25, 0.3) is 0 Å². The van der Waals surface area contributed by atoms with Crippen LogP contribution in [-0.4, -0.2) is 86.6 Å². The molecule has 1 aliphatic carbocycles. The normalized spacial score (nSPS) is 27.4. The summed E-state index contributed by atoms with van der Waals surface area (Å²) in [6.07, 6.45) is 6.53. The summed E-state index contributed by atoms with van der Waals surface area (Å²) in [6, 6.07) is -0.290. The summed E-state index contributed by atoms with van der Waals surface area (Å²) in [5, 5.41) is 16.2. The number of hydrogen-bond acceptors (Lipinski definition) is 6. The van der Waals surface area contributed by atoms with E-state index in [2.05, 4.69) is 15.4 Å². The fourth-order valence-corrected chi connectivity index (χ4v) is 6.77. The van der Waals surface area contributed by atoms with Gasteiger partial charge in [-0.25, -0.2) is 13.2 Å². The molecule has 11 heteroatoms. The summed E-state index contributed by atoms with van der Waals surface area (Å²) < 4.78 is 33.2. The standard InChI is InChI=1S/C23H42N4O6S/c1-2-3-16-34(31,32)26-23(21(28)29)10-4-19(5-11-23)25-22(30)27-14-8-20(9-15-27)33-17-18-6-12-24-13-7-18/h18-20,24,26H,2-17H2,1H3,(H,25,30)(H,28,29)/t19-,23+. The first-order valence-electron chi connectivity index (χ1n) is 12.9. The highest BCUT2D eigenvalue weighted by Gasteiger charge is 2.45. The first-order valence-corrected chi connectivity index (χ1v) is 14.5. The lowest BCUT2D eigenvalue weighted by atomic mass is 9.80. The number of hydrogen-bond donors (Lipinski definition) is 4. The number of carboxylic acids is 1. The Morgan fingerprint density at radius 2 is 1.74 bits per heavy atom. The van der Waals surface area contributed by atoms with Gasteiger partial charge in [0.05, 0.1) is 11.9 Å². The van der Waals surface area contributed by atoms with E-state index in [0.717, 1.165) is 51.8 Å². The number of carbonyl (C=O) groups is 2. The molecule has 0 spiro atoms. The number of carbonyl (C=O) groups excluding carboxylic acids is 1. The maximum absolute atomic E-state index is 12.8. The van der Waals surface area contributed by atoms with Gasteiger partial charge >= 0.3 is 12.0 Å². The van der Waals surface area contributed by atoms with E-state index in [0.29, 0.717) is 38.3 Å². The molecule has 0 bridgehead atoms. The Bertz CT molecular complexity index is 770. The number of rotatable bonds is 10. The fraction of sp³-hybridized carbons (Fsp3) is 0.913. The molecule has 2 saturated heterocycles. The van der Waals surface area contributed by atoms with Crippen molar-refractivity contribution in [3.63, 3.8) is 0 Å². The third-order valence-electron chi connectivity index (χ3n) is 7.45. The lowest BCUT2D eigenvalue weighted by Gasteiger charge is -2.38. The highest BCUT2D eigenvalue weighted by atomic mass is 32.2. The zero-order valence-electron chi connectivity index (χ0n) is 20.4. The molecule has 3 aliphatic rings. The molecule has 1 saturated carbocycles. The van der Waals surface area contributed by atoms with Crippen LogP contribution in [0.1, 0.15) is 71.1 Å². The highest BCUT2D eigenvalue weighted by Crippen LogP contribution is 2.30. The summed E-state index contributed by atoms with van der Waals surface area (Å²) in [7, 11) is -3.66. The van der Waals surface area contributed by atoms with Crippen molar-refractivity contribution < 1.29 is 27.9 Å². The molecular formula is C23H42N4O6S. The maximum atomic E-state index is 12.8. The number of piperidine rings is 2. The van der Waals surface area contributed by atoms with Crippen molar-refractivity contribution in [3.05, 3.63) is 0 Å². The fourth-order valence-electron chi connectivity index (χ4n) is 5.11. The van der Waals surface area contributed by atoms with Crippen molar-refractivity contribution in [1.29, 1.82) is 0 Å². The van der Waals surface area contributed by atoms with E-state index < -0.39 is 21.5 Å². The van der Waals surface area contributed by atoms with Crippen molar-refractivity contribution in [1.82, 2.24) is 20.3 Å². The molecule has 3 rings (SSSR count). The van der Waals surface area contributed by atoms with Crippen LogP contribution in [0.2, 0.25) is 0 Å². The Labute approximate surface area is 203 Å². The van der Waals surface area contributed by atoms with E-state index in [1.54, 1.807) is 4.90 Å². The quantitative estimate of drug-likeness (QED) is 0.357. The second-order valence-electron chi connectivity index (χ2n) is 10.1. The molecule has 0 atom stereocenters. The molecule has 0 aromatic heterocycles. The van der Waals surface area contributed by atoms with Gasteiger partial charge in [-0.15, -0.1) is 0 Å². The Balaban J connectivity index is 1.40. The maximum Gasteiger partial charge on any atom is 0.324 e. The van der Waals surface area contributed by atoms with Crippen LogP contribution >= 0.6 is 0 Å². The van der Waals surface area contributed by atoms with Crippen molar-refractivity contribution in [2.75, 3.05) is 38.5 Å². The van der Waals surface area contributed by atoms with Crippen LogP contribution in [0.4, 0.5) is 4.79 Å². The van der Waals surface area contributed by atoms with Gasteiger partial charge in [-0.3, -0.25) is 4.79 Å². The molecule has 0 aromatic rings. The van der Waals surface area contributed by atoms with Crippen molar-refractivity contribution >= 4 is 22.0 Å².